The Morgan fingerprint density at radius 2 is 2.20 bits per heavy atom. The standard InChI is InChI=1S/C17H22N2O/c1-12-14(7-5-11-18)6-4-8-16(12)17(20)19(3)13(2)15-9-10-15/h4,6,8,13,15H,9-11,18H2,1-3H3. The van der Waals surface area contributed by atoms with Crippen LogP contribution in [0.25, 0.3) is 0 Å². The predicted molar refractivity (Wildman–Crippen MR) is 81.4 cm³/mol. The largest absolute Gasteiger partial charge is 0.339 e. The number of amides is 1. The molecule has 106 valence electrons. The summed E-state index contributed by atoms with van der Waals surface area (Å²) in [5, 5.41) is 0. The van der Waals surface area contributed by atoms with Crippen molar-refractivity contribution in [2.24, 2.45) is 11.7 Å². The summed E-state index contributed by atoms with van der Waals surface area (Å²) >= 11 is 0. The molecule has 1 atom stereocenters. The molecule has 20 heavy (non-hydrogen) atoms. The van der Waals surface area contributed by atoms with E-state index in [1.807, 2.05) is 37.1 Å². The van der Waals surface area contributed by atoms with Crippen LogP contribution in [0.1, 0.15) is 41.3 Å². The van der Waals surface area contributed by atoms with Gasteiger partial charge in [0.15, 0.2) is 0 Å². The van der Waals surface area contributed by atoms with Gasteiger partial charge in [-0.3, -0.25) is 4.79 Å². The smallest absolute Gasteiger partial charge is 0.254 e. The van der Waals surface area contributed by atoms with Gasteiger partial charge in [-0.1, -0.05) is 17.9 Å². The summed E-state index contributed by atoms with van der Waals surface area (Å²) in [5.41, 5.74) is 7.96. The molecule has 3 nitrogen and oxygen atoms in total. The second kappa shape index (κ2) is 6.11. The third kappa shape index (κ3) is 3.02. The summed E-state index contributed by atoms with van der Waals surface area (Å²) in [4.78, 5) is 14.5. The minimum Gasteiger partial charge on any atom is -0.339 e. The van der Waals surface area contributed by atoms with Crippen LogP contribution in [-0.2, 0) is 0 Å². The van der Waals surface area contributed by atoms with Gasteiger partial charge in [0.2, 0.25) is 0 Å². The van der Waals surface area contributed by atoms with Crippen LogP contribution >= 0.6 is 0 Å². The molecule has 0 spiro atoms. The average Bonchev–Trinajstić information content (AvgIpc) is 3.28. The van der Waals surface area contributed by atoms with Gasteiger partial charge in [-0.15, -0.1) is 0 Å². The van der Waals surface area contributed by atoms with Crippen LogP contribution in [0.15, 0.2) is 18.2 Å². The summed E-state index contributed by atoms with van der Waals surface area (Å²) in [7, 11) is 1.89. The van der Waals surface area contributed by atoms with Gasteiger partial charge < -0.3 is 10.6 Å². The molecule has 2 N–H and O–H groups in total. The Kier molecular flexibility index (Phi) is 4.46. The van der Waals surface area contributed by atoms with Crippen molar-refractivity contribution in [1.29, 1.82) is 0 Å². The second-order valence-corrected chi connectivity index (χ2v) is 5.48. The molecule has 0 saturated heterocycles. The number of carbonyl (C=O) groups is 1. The first-order chi connectivity index (χ1) is 9.56. The van der Waals surface area contributed by atoms with Crippen molar-refractivity contribution in [3.05, 3.63) is 34.9 Å². The van der Waals surface area contributed by atoms with E-state index < -0.39 is 0 Å². The number of carbonyl (C=O) groups excluding carboxylic acids is 1. The van der Waals surface area contributed by atoms with Gasteiger partial charge in [-0.05, 0) is 50.3 Å². The molecule has 0 aliphatic heterocycles. The van der Waals surface area contributed by atoms with Crippen molar-refractivity contribution >= 4 is 5.91 Å². The van der Waals surface area contributed by atoms with Crippen molar-refractivity contribution < 1.29 is 4.79 Å². The Bertz CT molecular complexity index is 564. The number of nitrogens with zero attached hydrogens (tertiary/aromatic N) is 1. The number of hydrogen-bond acceptors (Lipinski definition) is 2. The minimum absolute atomic E-state index is 0.0818. The zero-order valence-corrected chi connectivity index (χ0v) is 12.4. The fraction of sp³-hybridized carbons (Fsp3) is 0.471. The molecule has 1 aliphatic carbocycles. The summed E-state index contributed by atoms with van der Waals surface area (Å²) in [6, 6.07) is 6.00. The van der Waals surface area contributed by atoms with Crippen LogP contribution in [-0.4, -0.2) is 30.4 Å². The van der Waals surface area contributed by atoms with Gasteiger partial charge in [0, 0.05) is 24.2 Å². The molecule has 2 rings (SSSR count). The first-order valence-electron chi connectivity index (χ1n) is 7.12. The highest BCUT2D eigenvalue weighted by Gasteiger charge is 2.33. The molecule has 3 heteroatoms. The third-order valence-electron chi connectivity index (χ3n) is 4.12. The van der Waals surface area contributed by atoms with Gasteiger partial charge in [-0.2, -0.15) is 0 Å². The quantitative estimate of drug-likeness (QED) is 0.856. The molecule has 0 bridgehead atoms. The molecule has 1 fully saturated rings. The predicted octanol–water partition coefficient (Wildman–Crippen LogP) is 2.18. The minimum atomic E-state index is 0.0818. The SMILES string of the molecule is Cc1c(C#CCN)cccc1C(=O)N(C)C(C)C1CC1. The molecule has 0 heterocycles. The molecule has 0 aromatic heterocycles. The highest BCUT2D eigenvalue weighted by molar-refractivity contribution is 5.96. The molecular formula is C17H22N2O. The number of hydrogen-bond donors (Lipinski definition) is 1. The fourth-order valence-corrected chi connectivity index (χ4v) is 2.42. The number of rotatable bonds is 3. The normalized spacial score (nSPS) is 15.2. The first-order valence-corrected chi connectivity index (χ1v) is 7.12. The van der Waals surface area contributed by atoms with Crippen molar-refractivity contribution in [3.63, 3.8) is 0 Å². The van der Waals surface area contributed by atoms with E-state index in [-0.39, 0.29) is 5.91 Å². The Labute approximate surface area is 121 Å². The maximum atomic E-state index is 12.6. The van der Waals surface area contributed by atoms with E-state index in [0.29, 0.717) is 18.5 Å². The van der Waals surface area contributed by atoms with Crippen LogP contribution in [0.2, 0.25) is 0 Å². The number of benzene rings is 1. The van der Waals surface area contributed by atoms with E-state index in [9.17, 15) is 4.79 Å². The van der Waals surface area contributed by atoms with Crippen LogP contribution < -0.4 is 5.73 Å². The van der Waals surface area contributed by atoms with E-state index in [2.05, 4.69) is 18.8 Å². The second-order valence-electron chi connectivity index (χ2n) is 5.48. The molecule has 1 saturated carbocycles. The van der Waals surface area contributed by atoms with E-state index in [1.54, 1.807) is 0 Å². The van der Waals surface area contributed by atoms with E-state index in [0.717, 1.165) is 16.7 Å². The molecular weight excluding hydrogens is 248 g/mol. The first kappa shape index (κ1) is 14.6. The van der Waals surface area contributed by atoms with Gasteiger partial charge in [-0.25, -0.2) is 0 Å². The highest BCUT2D eigenvalue weighted by Crippen LogP contribution is 2.35. The maximum absolute atomic E-state index is 12.6. The monoisotopic (exact) mass is 270 g/mol. The highest BCUT2D eigenvalue weighted by atomic mass is 16.2. The maximum Gasteiger partial charge on any atom is 0.254 e. The lowest BCUT2D eigenvalue weighted by molar-refractivity contribution is 0.0726. The zero-order chi connectivity index (χ0) is 14.7. The summed E-state index contributed by atoms with van der Waals surface area (Å²) in [6.07, 6.45) is 2.47. The Morgan fingerprint density at radius 3 is 2.80 bits per heavy atom. The lowest BCUT2D eigenvalue weighted by Gasteiger charge is -2.25. The van der Waals surface area contributed by atoms with Crippen molar-refractivity contribution in [3.8, 4) is 11.8 Å². The van der Waals surface area contributed by atoms with E-state index >= 15 is 0 Å². The van der Waals surface area contributed by atoms with Crippen molar-refractivity contribution in [2.45, 2.75) is 32.7 Å². The average molecular weight is 270 g/mol. The molecule has 1 aromatic carbocycles. The third-order valence-corrected chi connectivity index (χ3v) is 4.12. The zero-order valence-electron chi connectivity index (χ0n) is 12.4. The van der Waals surface area contributed by atoms with Crippen LogP contribution in [0, 0.1) is 24.7 Å². The molecule has 1 unspecified atom stereocenters. The Balaban J connectivity index is 2.25. The molecule has 1 aliphatic rings. The summed E-state index contributed by atoms with van der Waals surface area (Å²) < 4.78 is 0. The van der Waals surface area contributed by atoms with Crippen LogP contribution in [0.5, 0.6) is 0 Å². The van der Waals surface area contributed by atoms with Gasteiger partial charge in [0.25, 0.3) is 5.91 Å². The van der Waals surface area contributed by atoms with Gasteiger partial charge in [0.1, 0.15) is 0 Å². The Hall–Kier alpha value is -1.79. The van der Waals surface area contributed by atoms with Crippen LogP contribution in [0.4, 0.5) is 0 Å². The van der Waals surface area contributed by atoms with Crippen LogP contribution in [0.3, 0.4) is 0 Å². The van der Waals surface area contributed by atoms with E-state index in [4.69, 9.17) is 5.73 Å². The molecule has 1 amide bonds. The lowest BCUT2D eigenvalue weighted by atomic mass is 10.0. The van der Waals surface area contributed by atoms with Crippen molar-refractivity contribution in [2.75, 3.05) is 13.6 Å². The molecule has 1 aromatic rings. The fourth-order valence-electron chi connectivity index (χ4n) is 2.42. The van der Waals surface area contributed by atoms with Crippen molar-refractivity contribution in [1.82, 2.24) is 4.90 Å². The lowest BCUT2D eigenvalue weighted by Crippen LogP contribution is -2.36. The summed E-state index contributed by atoms with van der Waals surface area (Å²) in [6.45, 7) is 4.41. The topological polar surface area (TPSA) is 46.3 Å². The molecule has 0 radical (unpaired) electrons. The van der Waals surface area contributed by atoms with E-state index in [1.165, 1.54) is 12.8 Å². The number of nitrogens with two attached hydrogens (primary N) is 1. The van der Waals surface area contributed by atoms with Gasteiger partial charge >= 0.3 is 0 Å². The van der Waals surface area contributed by atoms with Gasteiger partial charge in [0.05, 0.1) is 6.54 Å². The Morgan fingerprint density at radius 1 is 1.50 bits per heavy atom. The summed E-state index contributed by atoms with van der Waals surface area (Å²) in [5.74, 6) is 6.62.